The van der Waals surface area contributed by atoms with Crippen LogP contribution in [0.2, 0.25) is 0 Å². The van der Waals surface area contributed by atoms with Crippen molar-refractivity contribution in [3.05, 3.63) is 64.3 Å². The lowest BCUT2D eigenvalue weighted by Crippen LogP contribution is -2.12. The van der Waals surface area contributed by atoms with Crippen molar-refractivity contribution in [3.8, 4) is 0 Å². The third kappa shape index (κ3) is 3.22. The SMILES string of the molecule is CC(=O)c1ccc(NS(=O)(=O)c2c[nH]c3ccc([N+](=O)[O-])cc23)cc1. The van der Waals surface area contributed by atoms with Crippen molar-refractivity contribution in [2.24, 2.45) is 0 Å². The van der Waals surface area contributed by atoms with E-state index >= 15 is 0 Å². The molecule has 3 rings (SSSR count). The number of Topliss-reactive ketones (excluding diaryl/α,β-unsaturated/α-hetero) is 1. The molecule has 0 spiro atoms. The van der Waals surface area contributed by atoms with Gasteiger partial charge in [-0.1, -0.05) is 0 Å². The summed E-state index contributed by atoms with van der Waals surface area (Å²) in [6, 6.07) is 9.94. The van der Waals surface area contributed by atoms with Crippen molar-refractivity contribution in [2.75, 3.05) is 4.72 Å². The van der Waals surface area contributed by atoms with Crippen LogP contribution in [0.1, 0.15) is 17.3 Å². The third-order valence-corrected chi connectivity index (χ3v) is 5.09. The molecule has 0 saturated heterocycles. The van der Waals surface area contributed by atoms with E-state index < -0.39 is 14.9 Å². The number of ketones is 1. The molecule has 0 bridgehead atoms. The molecule has 25 heavy (non-hydrogen) atoms. The van der Waals surface area contributed by atoms with Gasteiger partial charge in [0.1, 0.15) is 4.90 Å². The van der Waals surface area contributed by atoms with Crippen LogP contribution >= 0.6 is 0 Å². The van der Waals surface area contributed by atoms with Gasteiger partial charge in [0.05, 0.1) is 4.92 Å². The molecule has 3 aromatic rings. The summed E-state index contributed by atoms with van der Waals surface area (Å²) in [5.74, 6) is -0.127. The number of nitrogens with zero attached hydrogens (tertiary/aromatic N) is 1. The first-order chi connectivity index (χ1) is 11.8. The summed E-state index contributed by atoms with van der Waals surface area (Å²) in [7, 11) is -3.96. The van der Waals surface area contributed by atoms with E-state index in [2.05, 4.69) is 9.71 Å². The quantitative estimate of drug-likeness (QED) is 0.412. The summed E-state index contributed by atoms with van der Waals surface area (Å²) in [6.07, 6.45) is 1.28. The standard InChI is InChI=1S/C16H13N3O5S/c1-10(20)11-2-4-12(5-3-11)18-25(23,24)16-9-17-15-7-6-13(19(21)22)8-14(15)16/h2-9,17-18H,1H3. The van der Waals surface area contributed by atoms with Crippen molar-refractivity contribution >= 4 is 38.1 Å². The van der Waals surface area contributed by atoms with Gasteiger partial charge in [0.25, 0.3) is 15.7 Å². The van der Waals surface area contributed by atoms with Crippen molar-refractivity contribution in [3.63, 3.8) is 0 Å². The topological polar surface area (TPSA) is 122 Å². The molecule has 128 valence electrons. The minimum Gasteiger partial charge on any atom is -0.360 e. The Morgan fingerprint density at radius 1 is 1.16 bits per heavy atom. The maximum Gasteiger partial charge on any atom is 0.270 e. The average Bonchev–Trinajstić information content (AvgIpc) is 2.98. The van der Waals surface area contributed by atoms with Gasteiger partial charge in [0.15, 0.2) is 5.78 Å². The molecule has 9 heteroatoms. The largest absolute Gasteiger partial charge is 0.360 e. The molecule has 0 radical (unpaired) electrons. The number of nitro groups is 1. The Balaban J connectivity index is 1.99. The molecule has 0 aliphatic rings. The van der Waals surface area contributed by atoms with Crippen molar-refractivity contribution in [1.82, 2.24) is 4.98 Å². The van der Waals surface area contributed by atoms with Gasteiger partial charge in [-0.25, -0.2) is 8.42 Å². The maximum atomic E-state index is 12.6. The van der Waals surface area contributed by atoms with Gasteiger partial charge >= 0.3 is 0 Å². The van der Waals surface area contributed by atoms with Crippen LogP contribution < -0.4 is 4.72 Å². The second kappa shape index (κ2) is 6.02. The highest BCUT2D eigenvalue weighted by molar-refractivity contribution is 7.93. The molecule has 0 fully saturated rings. The number of nitro benzene ring substituents is 1. The second-order valence-corrected chi connectivity index (χ2v) is 7.03. The number of anilines is 1. The Hall–Kier alpha value is -3.20. The zero-order valence-corrected chi connectivity index (χ0v) is 13.8. The molecule has 0 saturated carbocycles. The van der Waals surface area contributed by atoms with E-state index in [9.17, 15) is 23.3 Å². The first-order valence-electron chi connectivity index (χ1n) is 7.17. The van der Waals surface area contributed by atoms with Crippen LogP contribution in [0.3, 0.4) is 0 Å². The summed E-state index contributed by atoms with van der Waals surface area (Å²) in [5.41, 5.74) is 1.02. The summed E-state index contributed by atoms with van der Waals surface area (Å²) in [5, 5.41) is 11.1. The molecule has 0 amide bonds. The zero-order chi connectivity index (χ0) is 18.2. The molecule has 0 atom stereocenters. The molecule has 1 aromatic heterocycles. The summed E-state index contributed by atoms with van der Waals surface area (Å²) >= 11 is 0. The van der Waals surface area contributed by atoms with Crippen LogP contribution in [0.5, 0.6) is 0 Å². The lowest BCUT2D eigenvalue weighted by molar-refractivity contribution is -0.384. The number of hydrogen-bond donors (Lipinski definition) is 2. The number of fused-ring (bicyclic) bond motifs is 1. The number of nitrogens with one attached hydrogen (secondary N) is 2. The van der Waals surface area contributed by atoms with Crippen LogP contribution in [0.25, 0.3) is 10.9 Å². The Morgan fingerprint density at radius 3 is 2.44 bits per heavy atom. The number of aromatic amines is 1. The van der Waals surface area contributed by atoms with Gasteiger partial charge in [0, 0.05) is 40.5 Å². The number of hydrogen-bond acceptors (Lipinski definition) is 5. The maximum absolute atomic E-state index is 12.6. The molecule has 1 heterocycles. The minimum atomic E-state index is -3.96. The van der Waals surface area contributed by atoms with Crippen molar-refractivity contribution < 1.29 is 18.1 Å². The van der Waals surface area contributed by atoms with Crippen LogP contribution in [0, 0.1) is 10.1 Å². The van der Waals surface area contributed by atoms with Crippen LogP contribution in [0.15, 0.2) is 53.6 Å². The predicted octanol–water partition coefficient (Wildman–Crippen LogP) is 3.08. The number of sulfonamides is 1. The van der Waals surface area contributed by atoms with E-state index in [1.807, 2.05) is 0 Å². The van der Waals surface area contributed by atoms with Crippen molar-refractivity contribution in [1.29, 1.82) is 0 Å². The van der Waals surface area contributed by atoms with Crippen LogP contribution in [0.4, 0.5) is 11.4 Å². The number of carbonyl (C=O) groups is 1. The predicted molar refractivity (Wildman–Crippen MR) is 92.2 cm³/mol. The van der Waals surface area contributed by atoms with E-state index in [1.54, 1.807) is 0 Å². The zero-order valence-electron chi connectivity index (χ0n) is 13.0. The number of rotatable bonds is 5. The average molecular weight is 359 g/mol. The fourth-order valence-corrected chi connectivity index (χ4v) is 3.63. The highest BCUT2D eigenvalue weighted by atomic mass is 32.2. The number of benzene rings is 2. The highest BCUT2D eigenvalue weighted by Gasteiger charge is 2.21. The Labute approximate surface area is 142 Å². The number of carbonyl (C=O) groups excluding carboxylic acids is 1. The molecule has 0 aliphatic heterocycles. The fourth-order valence-electron chi connectivity index (χ4n) is 2.40. The van der Waals surface area contributed by atoms with Gasteiger partial charge in [0.2, 0.25) is 0 Å². The Morgan fingerprint density at radius 2 is 1.84 bits per heavy atom. The van der Waals surface area contributed by atoms with Gasteiger partial charge in [-0.2, -0.15) is 0 Å². The molecule has 2 N–H and O–H groups in total. The van der Waals surface area contributed by atoms with Crippen LogP contribution in [-0.4, -0.2) is 24.1 Å². The number of H-pyrrole nitrogens is 1. The molecule has 0 aliphatic carbocycles. The summed E-state index contributed by atoms with van der Waals surface area (Å²) < 4.78 is 27.6. The van der Waals surface area contributed by atoms with Gasteiger partial charge in [-0.3, -0.25) is 19.6 Å². The lowest BCUT2D eigenvalue weighted by Gasteiger charge is -2.07. The Kier molecular flexibility index (Phi) is 4.01. The Bertz CT molecular complexity index is 1080. The smallest absolute Gasteiger partial charge is 0.270 e. The second-order valence-electron chi connectivity index (χ2n) is 5.38. The van der Waals surface area contributed by atoms with E-state index in [4.69, 9.17) is 0 Å². The first-order valence-corrected chi connectivity index (χ1v) is 8.65. The summed E-state index contributed by atoms with van der Waals surface area (Å²) in [4.78, 5) is 24.3. The van der Waals surface area contributed by atoms with Gasteiger partial charge in [-0.05, 0) is 37.3 Å². The number of non-ortho nitro benzene ring substituents is 1. The normalized spacial score (nSPS) is 11.4. The van der Waals surface area contributed by atoms with Crippen molar-refractivity contribution in [2.45, 2.75) is 11.8 Å². The molecular formula is C16H13N3O5S. The van der Waals surface area contributed by atoms with E-state index in [1.165, 1.54) is 55.6 Å². The highest BCUT2D eigenvalue weighted by Crippen LogP contribution is 2.28. The lowest BCUT2D eigenvalue weighted by atomic mass is 10.1. The molecule has 0 unspecified atom stereocenters. The van der Waals surface area contributed by atoms with Crippen LogP contribution in [-0.2, 0) is 10.0 Å². The number of aromatic nitrogens is 1. The monoisotopic (exact) mass is 359 g/mol. The van der Waals surface area contributed by atoms with E-state index in [-0.39, 0.29) is 27.4 Å². The molecular weight excluding hydrogens is 346 g/mol. The van der Waals surface area contributed by atoms with Gasteiger partial charge in [-0.15, -0.1) is 0 Å². The minimum absolute atomic E-state index is 0.0955. The van der Waals surface area contributed by atoms with Gasteiger partial charge < -0.3 is 4.98 Å². The summed E-state index contributed by atoms with van der Waals surface area (Å²) in [6.45, 7) is 1.41. The fraction of sp³-hybridized carbons (Fsp3) is 0.0625. The first kappa shape index (κ1) is 16.7. The van der Waals surface area contributed by atoms with E-state index in [0.717, 1.165) is 0 Å². The van der Waals surface area contributed by atoms with E-state index in [0.29, 0.717) is 11.1 Å². The molecule has 8 nitrogen and oxygen atoms in total. The third-order valence-electron chi connectivity index (χ3n) is 3.67. The molecule has 2 aromatic carbocycles.